The number of carbonyl (C=O) groups is 1. The Hall–Kier alpha value is -3.45. The minimum Gasteiger partial charge on any atom is -0.298 e. The molecule has 0 N–H and O–H groups in total. The SMILES string of the molecule is Cn1ncc(-c2cnc3cnc(CC(=O)c4ccc(F)cc4)cc3c2)c1CN1CCCC1. The Morgan fingerprint density at radius 1 is 1.03 bits per heavy atom. The number of ketones is 1. The molecule has 32 heavy (non-hydrogen) atoms. The van der Waals surface area contributed by atoms with Crippen LogP contribution in [0, 0.1) is 5.82 Å². The van der Waals surface area contributed by atoms with Gasteiger partial charge in [0.25, 0.3) is 0 Å². The topological polar surface area (TPSA) is 63.9 Å². The summed E-state index contributed by atoms with van der Waals surface area (Å²) in [5, 5.41) is 5.42. The second-order valence-corrected chi connectivity index (χ2v) is 8.31. The number of pyridine rings is 2. The first-order valence-electron chi connectivity index (χ1n) is 10.8. The van der Waals surface area contributed by atoms with Crippen LogP contribution in [0.2, 0.25) is 0 Å². The van der Waals surface area contributed by atoms with Gasteiger partial charge in [0.15, 0.2) is 5.78 Å². The average Bonchev–Trinajstić information content (AvgIpc) is 3.44. The van der Waals surface area contributed by atoms with Gasteiger partial charge in [-0.15, -0.1) is 0 Å². The highest BCUT2D eigenvalue weighted by Gasteiger charge is 2.18. The van der Waals surface area contributed by atoms with Crippen LogP contribution in [-0.4, -0.2) is 43.5 Å². The lowest BCUT2D eigenvalue weighted by molar-refractivity contribution is 0.0992. The quantitative estimate of drug-likeness (QED) is 0.430. The summed E-state index contributed by atoms with van der Waals surface area (Å²) in [5.74, 6) is -0.454. The molecule has 1 fully saturated rings. The van der Waals surface area contributed by atoms with Crippen molar-refractivity contribution in [3.05, 3.63) is 77.8 Å². The van der Waals surface area contributed by atoms with Crippen molar-refractivity contribution in [1.82, 2.24) is 24.6 Å². The third-order valence-electron chi connectivity index (χ3n) is 6.08. The van der Waals surface area contributed by atoms with E-state index in [4.69, 9.17) is 0 Å². The smallest absolute Gasteiger partial charge is 0.168 e. The van der Waals surface area contributed by atoms with E-state index in [9.17, 15) is 9.18 Å². The zero-order valence-corrected chi connectivity index (χ0v) is 18.0. The standard InChI is InChI=1S/C25H24FN5O/c1-30-24(16-31-8-2-3-9-31)22(14-29-30)19-10-18-11-21(27-15-23(18)28-13-19)12-25(32)17-4-6-20(26)7-5-17/h4-7,10-11,13-15H,2-3,8-9,12,16H2,1H3. The first kappa shape index (κ1) is 20.5. The first-order chi connectivity index (χ1) is 15.6. The van der Waals surface area contributed by atoms with E-state index in [2.05, 4.69) is 26.0 Å². The molecule has 4 heterocycles. The maximum Gasteiger partial charge on any atom is 0.168 e. The Labute approximate surface area is 185 Å². The van der Waals surface area contributed by atoms with Gasteiger partial charge < -0.3 is 0 Å². The Kier molecular flexibility index (Phi) is 5.49. The molecule has 0 unspecified atom stereocenters. The number of aryl methyl sites for hydroxylation is 1. The zero-order chi connectivity index (χ0) is 22.1. The molecular weight excluding hydrogens is 405 g/mol. The van der Waals surface area contributed by atoms with Crippen LogP contribution in [0.25, 0.3) is 22.0 Å². The highest BCUT2D eigenvalue weighted by atomic mass is 19.1. The van der Waals surface area contributed by atoms with E-state index in [1.54, 1.807) is 6.20 Å². The van der Waals surface area contributed by atoms with Crippen LogP contribution in [0.4, 0.5) is 4.39 Å². The predicted molar refractivity (Wildman–Crippen MR) is 121 cm³/mol. The Balaban J connectivity index is 1.43. The highest BCUT2D eigenvalue weighted by Crippen LogP contribution is 2.27. The number of benzene rings is 1. The van der Waals surface area contributed by atoms with Crippen LogP contribution in [-0.2, 0) is 20.0 Å². The summed E-state index contributed by atoms with van der Waals surface area (Å²) in [6, 6.07) is 9.59. The van der Waals surface area contributed by atoms with Crippen molar-refractivity contribution in [1.29, 1.82) is 0 Å². The average molecular weight is 429 g/mol. The number of halogens is 1. The summed E-state index contributed by atoms with van der Waals surface area (Å²) >= 11 is 0. The third-order valence-corrected chi connectivity index (χ3v) is 6.08. The molecule has 4 aromatic rings. The highest BCUT2D eigenvalue weighted by molar-refractivity contribution is 5.97. The van der Waals surface area contributed by atoms with Crippen molar-refractivity contribution >= 4 is 16.7 Å². The molecule has 0 spiro atoms. The summed E-state index contributed by atoms with van der Waals surface area (Å²) in [6.07, 6.45) is 8.10. The molecule has 0 saturated carbocycles. The Morgan fingerprint density at radius 3 is 2.59 bits per heavy atom. The molecule has 1 saturated heterocycles. The maximum absolute atomic E-state index is 13.1. The molecule has 3 aromatic heterocycles. The van der Waals surface area contributed by atoms with Gasteiger partial charge in [0, 0.05) is 47.6 Å². The molecule has 1 aliphatic heterocycles. The monoisotopic (exact) mass is 429 g/mol. The minimum absolute atomic E-state index is 0.0962. The van der Waals surface area contributed by atoms with Crippen molar-refractivity contribution < 1.29 is 9.18 Å². The van der Waals surface area contributed by atoms with E-state index in [0.29, 0.717) is 11.3 Å². The number of Topliss-reactive ketones (excluding diaryl/α,β-unsaturated/α-hetero) is 1. The number of rotatable bonds is 6. The second kappa shape index (κ2) is 8.59. The molecular formula is C25H24FN5O. The fourth-order valence-electron chi connectivity index (χ4n) is 4.27. The fourth-order valence-corrected chi connectivity index (χ4v) is 4.27. The summed E-state index contributed by atoms with van der Waals surface area (Å²) in [5.41, 5.74) is 5.17. The van der Waals surface area contributed by atoms with E-state index in [1.165, 1.54) is 42.8 Å². The van der Waals surface area contributed by atoms with Crippen LogP contribution in [0.5, 0.6) is 0 Å². The number of nitrogens with zero attached hydrogens (tertiary/aromatic N) is 5. The van der Waals surface area contributed by atoms with Gasteiger partial charge in [-0.25, -0.2) is 4.39 Å². The second-order valence-electron chi connectivity index (χ2n) is 8.31. The van der Waals surface area contributed by atoms with Crippen LogP contribution in [0.3, 0.4) is 0 Å². The Morgan fingerprint density at radius 2 is 1.81 bits per heavy atom. The van der Waals surface area contributed by atoms with Crippen LogP contribution >= 0.6 is 0 Å². The van der Waals surface area contributed by atoms with Crippen molar-refractivity contribution in [2.75, 3.05) is 13.1 Å². The van der Waals surface area contributed by atoms with Crippen LogP contribution in [0.15, 0.2) is 55.0 Å². The molecule has 0 radical (unpaired) electrons. The molecule has 0 atom stereocenters. The molecule has 5 rings (SSSR count). The van der Waals surface area contributed by atoms with Crippen molar-refractivity contribution in [3.8, 4) is 11.1 Å². The van der Waals surface area contributed by atoms with E-state index in [-0.39, 0.29) is 18.0 Å². The summed E-state index contributed by atoms with van der Waals surface area (Å²) < 4.78 is 15.1. The lowest BCUT2D eigenvalue weighted by Crippen LogP contribution is -2.20. The van der Waals surface area contributed by atoms with Crippen molar-refractivity contribution in [3.63, 3.8) is 0 Å². The molecule has 162 valence electrons. The largest absolute Gasteiger partial charge is 0.298 e. The van der Waals surface area contributed by atoms with E-state index in [1.807, 2.05) is 30.2 Å². The van der Waals surface area contributed by atoms with Crippen molar-refractivity contribution in [2.45, 2.75) is 25.8 Å². The summed E-state index contributed by atoms with van der Waals surface area (Å²) in [4.78, 5) is 24.0. The molecule has 1 aromatic carbocycles. The number of aromatic nitrogens is 4. The number of carbonyl (C=O) groups excluding carboxylic acids is 1. The van der Waals surface area contributed by atoms with Gasteiger partial charge in [-0.1, -0.05) is 0 Å². The minimum atomic E-state index is -0.358. The van der Waals surface area contributed by atoms with E-state index < -0.39 is 0 Å². The van der Waals surface area contributed by atoms with Gasteiger partial charge in [0.05, 0.1) is 30.0 Å². The van der Waals surface area contributed by atoms with Gasteiger partial charge in [-0.05, 0) is 62.3 Å². The molecule has 1 aliphatic rings. The van der Waals surface area contributed by atoms with Gasteiger partial charge in [0.2, 0.25) is 0 Å². The number of hydrogen-bond donors (Lipinski definition) is 0. The van der Waals surface area contributed by atoms with Crippen LogP contribution in [0.1, 0.15) is 34.6 Å². The molecule has 7 heteroatoms. The van der Waals surface area contributed by atoms with E-state index in [0.717, 1.165) is 41.7 Å². The number of hydrogen-bond acceptors (Lipinski definition) is 5. The summed E-state index contributed by atoms with van der Waals surface area (Å²) in [6.45, 7) is 3.12. The number of fused-ring (bicyclic) bond motifs is 1. The van der Waals surface area contributed by atoms with Gasteiger partial charge >= 0.3 is 0 Å². The first-order valence-corrected chi connectivity index (χ1v) is 10.8. The molecule has 0 aliphatic carbocycles. The normalized spacial score (nSPS) is 14.3. The molecule has 6 nitrogen and oxygen atoms in total. The molecule has 0 bridgehead atoms. The Bertz CT molecular complexity index is 1280. The van der Waals surface area contributed by atoms with Gasteiger partial charge in [-0.2, -0.15) is 5.10 Å². The third kappa shape index (κ3) is 4.16. The van der Waals surface area contributed by atoms with E-state index >= 15 is 0 Å². The lowest BCUT2D eigenvalue weighted by atomic mass is 10.0. The van der Waals surface area contributed by atoms with Crippen molar-refractivity contribution in [2.24, 2.45) is 7.05 Å². The number of likely N-dealkylation sites (tertiary alicyclic amines) is 1. The molecule has 0 amide bonds. The van der Waals surface area contributed by atoms with Crippen LogP contribution < -0.4 is 0 Å². The van der Waals surface area contributed by atoms with Gasteiger partial charge in [0.1, 0.15) is 5.82 Å². The fraction of sp³-hybridized carbons (Fsp3) is 0.280. The van der Waals surface area contributed by atoms with Gasteiger partial charge in [-0.3, -0.25) is 24.3 Å². The zero-order valence-electron chi connectivity index (χ0n) is 18.0. The summed E-state index contributed by atoms with van der Waals surface area (Å²) in [7, 11) is 1.98. The predicted octanol–water partition coefficient (Wildman–Crippen LogP) is 4.19. The lowest BCUT2D eigenvalue weighted by Gasteiger charge is -2.16. The maximum atomic E-state index is 13.1.